The number of likely N-dealkylation sites (tertiary alicyclic amines) is 1. The molecular weight excluding hydrogens is 280 g/mol. The van der Waals surface area contributed by atoms with Crippen LogP contribution in [0, 0.1) is 13.8 Å². The fraction of sp³-hybridized carbons (Fsp3) is 0.647. The van der Waals surface area contributed by atoms with E-state index in [4.69, 9.17) is 9.47 Å². The number of carbonyl (C=O) groups excluding carboxylic acids is 1. The second-order valence-corrected chi connectivity index (χ2v) is 6.50. The van der Waals surface area contributed by atoms with E-state index in [2.05, 4.69) is 4.98 Å². The van der Waals surface area contributed by atoms with Crippen molar-refractivity contribution in [3.8, 4) is 5.88 Å². The number of rotatable bonds is 1. The summed E-state index contributed by atoms with van der Waals surface area (Å²) in [6.45, 7) is 11.4. The Kier molecular flexibility index (Phi) is 6.65. The number of nitrogens with zero attached hydrogens (tertiary/aromatic N) is 2. The van der Waals surface area contributed by atoms with E-state index in [1.54, 1.807) is 12.0 Å². The van der Waals surface area contributed by atoms with Crippen LogP contribution in [0.4, 0.5) is 4.79 Å². The van der Waals surface area contributed by atoms with Crippen LogP contribution in [0.5, 0.6) is 5.88 Å². The van der Waals surface area contributed by atoms with E-state index in [9.17, 15) is 4.79 Å². The van der Waals surface area contributed by atoms with Crippen LogP contribution in [0.15, 0.2) is 12.1 Å². The Hall–Kier alpha value is -1.78. The van der Waals surface area contributed by atoms with Crippen LogP contribution in [-0.4, -0.2) is 41.8 Å². The molecule has 22 heavy (non-hydrogen) atoms. The lowest BCUT2D eigenvalue weighted by Crippen LogP contribution is -2.34. The standard InChI is InChI=1S/C9H17NO2.C8H11NO/c1-9(2,3)12-8(11)10-6-4-5-7-10;1-6-4-7(2)9-8(5-6)10-3/h4-7H2,1-3H3;4-5H,1-3H3. The summed E-state index contributed by atoms with van der Waals surface area (Å²) in [6.07, 6.45) is 2.05. The number of carbonyl (C=O) groups is 1. The van der Waals surface area contributed by atoms with Gasteiger partial charge in [-0.05, 0) is 59.1 Å². The van der Waals surface area contributed by atoms with E-state index in [-0.39, 0.29) is 11.7 Å². The fourth-order valence-electron chi connectivity index (χ4n) is 2.14. The SMILES string of the molecule is CC(C)(C)OC(=O)N1CCCC1.COc1cc(C)cc(C)n1. The van der Waals surface area contributed by atoms with Crippen LogP contribution in [-0.2, 0) is 4.74 Å². The third-order valence-electron chi connectivity index (χ3n) is 3.04. The second kappa shape index (κ2) is 8.01. The lowest BCUT2D eigenvalue weighted by molar-refractivity contribution is 0.0295. The molecule has 5 heteroatoms. The van der Waals surface area contributed by atoms with Crippen LogP contribution >= 0.6 is 0 Å². The second-order valence-electron chi connectivity index (χ2n) is 6.50. The molecule has 1 aliphatic heterocycles. The predicted octanol–water partition coefficient (Wildman–Crippen LogP) is 3.72. The number of methoxy groups -OCH3 is 1. The first-order valence-corrected chi connectivity index (χ1v) is 7.68. The molecule has 0 spiro atoms. The minimum atomic E-state index is -0.361. The molecule has 0 saturated carbocycles. The smallest absolute Gasteiger partial charge is 0.410 e. The van der Waals surface area contributed by atoms with Gasteiger partial charge in [-0.15, -0.1) is 0 Å². The summed E-state index contributed by atoms with van der Waals surface area (Å²) >= 11 is 0. The van der Waals surface area contributed by atoms with Gasteiger partial charge in [-0.1, -0.05) is 0 Å². The van der Waals surface area contributed by atoms with E-state index in [0.29, 0.717) is 5.88 Å². The summed E-state index contributed by atoms with van der Waals surface area (Å²) in [6, 6.07) is 3.93. The van der Waals surface area contributed by atoms with Crippen LogP contribution in [0.3, 0.4) is 0 Å². The molecule has 0 atom stereocenters. The number of hydrogen-bond donors (Lipinski definition) is 0. The van der Waals surface area contributed by atoms with Gasteiger partial charge in [-0.3, -0.25) is 0 Å². The van der Waals surface area contributed by atoms with Crippen molar-refractivity contribution in [2.45, 2.75) is 53.1 Å². The molecule has 0 unspecified atom stereocenters. The zero-order valence-corrected chi connectivity index (χ0v) is 14.6. The first-order valence-electron chi connectivity index (χ1n) is 7.68. The van der Waals surface area contributed by atoms with Gasteiger partial charge in [0.15, 0.2) is 0 Å². The minimum absolute atomic E-state index is 0.167. The summed E-state index contributed by atoms with van der Waals surface area (Å²) in [7, 11) is 1.63. The predicted molar refractivity (Wildman–Crippen MR) is 87.3 cm³/mol. The summed E-state index contributed by atoms with van der Waals surface area (Å²) in [4.78, 5) is 17.3. The Labute approximate surface area is 133 Å². The number of hydrogen-bond acceptors (Lipinski definition) is 4. The monoisotopic (exact) mass is 308 g/mol. The third-order valence-corrected chi connectivity index (χ3v) is 3.04. The molecule has 0 N–H and O–H groups in total. The molecule has 0 aliphatic carbocycles. The number of ether oxygens (including phenoxy) is 2. The largest absolute Gasteiger partial charge is 0.481 e. The van der Waals surface area contributed by atoms with Gasteiger partial charge in [0.2, 0.25) is 5.88 Å². The van der Waals surface area contributed by atoms with Crippen molar-refractivity contribution < 1.29 is 14.3 Å². The van der Waals surface area contributed by atoms with Crippen molar-refractivity contribution in [1.29, 1.82) is 0 Å². The highest BCUT2D eigenvalue weighted by molar-refractivity contribution is 5.68. The summed E-state index contributed by atoms with van der Waals surface area (Å²) < 4.78 is 10.2. The average molecular weight is 308 g/mol. The molecular formula is C17H28N2O3. The number of aryl methyl sites for hydroxylation is 2. The quantitative estimate of drug-likeness (QED) is 0.793. The maximum absolute atomic E-state index is 11.4. The fourth-order valence-corrected chi connectivity index (χ4v) is 2.14. The van der Waals surface area contributed by atoms with E-state index >= 15 is 0 Å². The third kappa shape index (κ3) is 6.78. The van der Waals surface area contributed by atoms with Crippen LogP contribution in [0.1, 0.15) is 44.9 Å². The van der Waals surface area contributed by atoms with E-state index in [1.807, 2.05) is 46.8 Å². The van der Waals surface area contributed by atoms with Gasteiger partial charge in [0.25, 0.3) is 0 Å². The maximum Gasteiger partial charge on any atom is 0.410 e. The molecule has 1 aliphatic rings. The summed E-state index contributed by atoms with van der Waals surface area (Å²) in [5.74, 6) is 0.692. The topological polar surface area (TPSA) is 51.7 Å². The molecule has 1 amide bonds. The average Bonchev–Trinajstić information content (AvgIpc) is 2.90. The molecule has 124 valence electrons. The van der Waals surface area contributed by atoms with Crippen molar-refractivity contribution in [3.05, 3.63) is 23.4 Å². The van der Waals surface area contributed by atoms with Gasteiger partial charge in [0.1, 0.15) is 5.60 Å². The van der Waals surface area contributed by atoms with E-state index < -0.39 is 0 Å². The van der Waals surface area contributed by atoms with Gasteiger partial charge in [-0.2, -0.15) is 0 Å². The van der Waals surface area contributed by atoms with Gasteiger partial charge >= 0.3 is 6.09 Å². The first-order chi connectivity index (χ1) is 10.2. The molecule has 0 bridgehead atoms. The van der Waals surface area contributed by atoms with Crippen molar-refractivity contribution in [3.63, 3.8) is 0 Å². The summed E-state index contributed by atoms with van der Waals surface area (Å²) in [5, 5.41) is 0. The Morgan fingerprint density at radius 3 is 2.23 bits per heavy atom. The molecule has 1 aromatic heterocycles. The van der Waals surface area contributed by atoms with E-state index in [0.717, 1.165) is 31.6 Å². The zero-order valence-electron chi connectivity index (χ0n) is 14.6. The molecule has 2 rings (SSSR count). The Bertz CT molecular complexity index is 469. The number of amides is 1. The Morgan fingerprint density at radius 2 is 1.77 bits per heavy atom. The van der Waals surface area contributed by atoms with Gasteiger partial charge in [0.05, 0.1) is 7.11 Å². The van der Waals surface area contributed by atoms with Crippen LogP contribution in [0.2, 0.25) is 0 Å². The van der Waals surface area contributed by atoms with E-state index in [1.165, 1.54) is 5.56 Å². The van der Waals surface area contributed by atoms with Gasteiger partial charge in [-0.25, -0.2) is 9.78 Å². The zero-order chi connectivity index (χ0) is 16.8. The number of aromatic nitrogens is 1. The molecule has 1 saturated heterocycles. The number of pyridine rings is 1. The molecule has 5 nitrogen and oxygen atoms in total. The van der Waals surface area contributed by atoms with Crippen LogP contribution in [0.25, 0.3) is 0 Å². The minimum Gasteiger partial charge on any atom is -0.481 e. The van der Waals surface area contributed by atoms with Crippen molar-refractivity contribution in [2.75, 3.05) is 20.2 Å². The first kappa shape index (κ1) is 18.3. The van der Waals surface area contributed by atoms with Crippen molar-refractivity contribution in [1.82, 2.24) is 9.88 Å². The normalized spacial score (nSPS) is 14.2. The highest BCUT2D eigenvalue weighted by Gasteiger charge is 2.23. The molecule has 2 heterocycles. The molecule has 1 fully saturated rings. The molecule has 1 aromatic rings. The Balaban J connectivity index is 0.000000224. The van der Waals surface area contributed by atoms with Crippen molar-refractivity contribution >= 4 is 6.09 Å². The van der Waals surface area contributed by atoms with Crippen LogP contribution < -0.4 is 4.74 Å². The lowest BCUT2D eigenvalue weighted by atomic mass is 10.2. The lowest BCUT2D eigenvalue weighted by Gasteiger charge is -2.23. The van der Waals surface area contributed by atoms with Crippen molar-refractivity contribution in [2.24, 2.45) is 0 Å². The van der Waals surface area contributed by atoms with Gasteiger partial charge in [0, 0.05) is 24.8 Å². The molecule has 0 aromatic carbocycles. The molecule has 0 radical (unpaired) electrons. The Morgan fingerprint density at radius 1 is 1.18 bits per heavy atom. The summed E-state index contributed by atoms with van der Waals surface area (Å²) in [5.41, 5.74) is 1.82. The highest BCUT2D eigenvalue weighted by atomic mass is 16.6. The maximum atomic E-state index is 11.4. The van der Waals surface area contributed by atoms with Gasteiger partial charge < -0.3 is 14.4 Å². The highest BCUT2D eigenvalue weighted by Crippen LogP contribution is 2.14.